The number of benzene rings is 1. The van der Waals surface area contributed by atoms with Gasteiger partial charge in [0.05, 0.1) is 4.92 Å². The summed E-state index contributed by atoms with van der Waals surface area (Å²) < 4.78 is 5.08. The highest BCUT2D eigenvalue weighted by Crippen LogP contribution is 2.24. The number of carboxylic acid groups (broad SMARTS) is 1. The molecule has 7 heteroatoms. The number of ether oxygens (including phenoxy) is 1. The van der Waals surface area contributed by atoms with E-state index in [9.17, 15) is 14.9 Å². The van der Waals surface area contributed by atoms with E-state index in [1.54, 1.807) is 0 Å². The van der Waals surface area contributed by atoms with E-state index in [-0.39, 0.29) is 17.4 Å². The molecule has 1 N–H and O–H groups in total. The average Bonchev–Trinajstić information content (AvgIpc) is 2.25. The van der Waals surface area contributed by atoms with Crippen molar-refractivity contribution in [1.82, 2.24) is 0 Å². The molecule has 0 spiro atoms. The van der Waals surface area contributed by atoms with E-state index in [1.807, 2.05) is 0 Å². The van der Waals surface area contributed by atoms with Crippen LogP contribution in [-0.4, -0.2) is 22.6 Å². The van der Waals surface area contributed by atoms with Gasteiger partial charge in [-0.15, -0.1) is 0 Å². The van der Waals surface area contributed by atoms with Crippen molar-refractivity contribution in [2.75, 3.05) is 6.61 Å². The zero-order valence-electron chi connectivity index (χ0n) is 8.55. The molecule has 0 saturated carbocycles. The molecule has 0 heterocycles. The lowest BCUT2D eigenvalue weighted by atomic mass is 10.1. The molecule has 0 radical (unpaired) electrons. The van der Waals surface area contributed by atoms with Crippen molar-refractivity contribution in [3.63, 3.8) is 0 Å². The topological polar surface area (TPSA) is 89.7 Å². The molecule has 0 saturated heterocycles. The van der Waals surface area contributed by atoms with Crippen LogP contribution in [0.4, 0.5) is 5.69 Å². The van der Waals surface area contributed by atoms with Crippen LogP contribution in [0.5, 0.6) is 5.75 Å². The Labute approximate surface area is 101 Å². The van der Waals surface area contributed by atoms with Gasteiger partial charge in [0.2, 0.25) is 0 Å². The SMILES string of the molecule is C=C(Cl)COc1ccc([N+](=O)[O-])c(C(=O)O)c1. The van der Waals surface area contributed by atoms with Crippen molar-refractivity contribution in [3.8, 4) is 5.75 Å². The van der Waals surface area contributed by atoms with Gasteiger partial charge >= 0.3 is 5.97 Å². The number of rotatable bonds is 5. The summed E-state index contributed by atoms with van der Waals surface area (Å²) in [5.41, 5.74) is -0.928. The second kappa shape index (κ2) is 5.31. The lowest BCUT2D eigenvalue weighted by molar-refractivity contribution is -0.385. The van der Waals surface area contributed by atoms with Crippen molar-refractivity contribution in [2.45, 2.75) is 0 Å². The molecule has 0 amide bonds. The zero-order valence-corrected chi connectivity index (χ0v) is 9.31. The summed E-state index contributed by atoms with van der Waals surface area (Å²) in [5, 5.41) is 19.6. The minimum Gasteiger partial charge on any atom is -0.488 e. The number of aromatic carboxylic acids is 1. The molecule has 6 nitrogen and oxygen atoms in total. The molecule has 1 rings (SSSR count). The van der Waals surface area contributed by atoms with E-state index in [0.29, 0.717) is 0 Å². The molecule has 0 aromatic heterocycles. The lowest BCUT2D eigenvalue weighted by Gasteiger charge is -2.05. The van der Waals surface area contributed by atoms with E-state index >= 15 is 0 Å². The Kier molecular flexibility index (Phi) is 4.06. The van der Waals surface area contributed by atoms with Crippen LogP contribution in [0.25, 0.3) is 0 Å². The number of carboxylic acids is 1. The normalized spacial score (nSPS) is 9.71. The van der Waals surface area contributed by atoms with Crippen LogP contribution < -0.4 is 4.74 Å². The molecule has 0 fully saturated rings. The molecule has 0 aliphatic rings. The van der Waals surface area contributed by atoms with Gasteiger partial charge in [0.25, 0.3) is 5.69 Å². The highest BCUT2D eigenvalue weighted by Gasteiger charge is 2.20. The molecular formula is C10H8ClNO5. The maximum Gasteiger partial charge on any atom is 0.342 e. The highest BCUT2D eigenvalue weighted by molar-refractivity contribution is 6.29. The first kappa shape index (κ1) is 13.0. The van der Waals surface area contributed by atoms with Gasteiger partial charge in [0.15, 0.2) is 0 Å². The predicted molar refractivity (Wildman–Crippen MR) is 60.5 cm³/mol. The fraction of sp³-hybridized carbons (Fsp3) is 0.100. The monoisotopic (exact) mass is 257 g/mol. The smallest absolute Gasteiger partial charge is 0.342 e. The molecule has 0 bridgehead atoms. The number of halogens is 1. The van der Waals surface area contributed by atoms with E-state index in [4.69, 9.17) is 21.4 Å². The Morgan fingerprint density at radius 3 is 2.71 bits per heavy atom. The minimum absolute atomic E-state index is 0.00156. The summed E-state index contributed by atoms with van der Waals surface area (Å²) in [6.45, 7) is 3.39. The summed E-state index contributed by atoms with van der Waals surface area (Å²) in [4.78, 5) is 20.6. The predicted octanol–water partition coefficient (Wildman–Crippen LogP) is 2.42. The van der Waals surface area contributed by atoms with Gasteiger partial charge in [-0.05, 0) is 6.07 Å². The van der Waals surface area contributed by atoms with E-state index in [1.165, 1.54) is 6.07 Å². The number of hydrogen-bond donors (Lipinski definition) is 1. The first-order valence-electron chi connectivity index (χ1n) is 4.39. The molecule has 0 aliphatic carbocycles. The highest BCUT2D eigenvalue weighted by atomic mass is 35.5. The summed E-state index contributed by atoms with van der Waals surface area (Å²) >= 11 is 5.47. The summed E-state index contributed by atoms with van der Waals surface area (Å²) in [5.74, 6) is -1.22. The Balaban J connectivity index is 3.05. The summed E-state index contributed by atoms with van der Waals surface area (Å²) in [6.07, 6.45) is 0. The van der Waals surface area contributed by atoms with Gasteiger partial charge < -0.3 is 9.84 Å². The fourth-order valence-corrected chi connectivity index (χ4v) is 1.15. The first-order valence-corrected chi connectivity index (χ1v) is 4.77. The third-order valence-electron chi connectivity index (χ3n) is 1.79. The van der Waals surface area contributed by atoms with Crippen molar-refractivity contribution in [2.24, 2.45) is 0 Å². The van der Waals surface area contributed by atoms with Crippen LogP contribution in [0.2, 0.25) is 0 Å². The van der Waals surface area contributed by atoms with Gasteiger partial charge in [-0.3, -0.25) is 10.1 Å². The van der Waals surface area contributed by atoms with Crippen LogP contribution in [0.15, 0.2) is 29.8 Å². The molecule has 0 atom stereocenters. The van der Waals surface area contributed by atoms with E-state index < -0.39 is 22.1 Å². The third kappa shape index (κ3) is 3.46. The summed E-state index contributed by atoms with van der Waals surface area (Å²) in [7, 11) is 0. The van der Waals surface area contributed by atoms with Gasteiger partial charge in [0.1, 0.15) is 17.9 Å². The van der Waals surface area contributed by atoms with Crippen LogP contribution in [0.1, 0.15) is 10.4 Å². The quantitative estimate of drug-likeness (QED) is 0.646. The zero-order chi connectivity index (χ0) is 13.0. The van der Waals surface area contributed by atoms with Crippen LogP contribution in [0.3, 0.4) is 0 Å². The first-order chi connectivity index (χ1) is 7.91. The largest absolute Gasteiger partial charge is 0.488 e. The van der Waals surface area contributed by atoms with E-state index in [2.05, 4.69) is 6.58 Å². The molecule has 1 aromatic carbocycles. The lowest BCUT2D eigenvalue weighted by Crippen LogP contribution is -2.04. The fourth-order valence-electron chi connectivity index (χ4n) is 1.10. The van der Waals surface area contributed by atoms with E-state index in [0.717, 1.165) is 12.1 Å². The molecule has 90 valence electrons. The van der Waals surface area contributed by atoms with Gasteiger partial charge in [-0.25, -0.2) is 4.79 Å². The van der Waals surface area contributed by atoms with Gasteiger partial charge in [0, 0.05) is 17.2 Å². The van der Waals surface area contributed by atoms with Crippen LogP contribution in [0, 0.1) is 10.1 Å². The number of nitro benzene ring substituents is 1. The van der Waals surface area contributed by atoms with Crippen molar-refractivity contribution >= 4 is 23.3 Å². The molecule has 0 unspecified atom stereocenters. The standard InChI is InChI=1S/C10H8ClNO5/c1-6(11)5-17-7-2-3-9(12(15)16)8(4-7)10(13)14/h2-4H,1,5H2,(H,13,14). The van der Waals surface area contributed by atoms with Crippen molar-refractivity contribution in [1.29, 1.82) is 0 Å². The van der Waals surface area contributed by atoms with Crippen molar-refractivity contribution in [3.05, 3.63) is 45.5 Å². The van der Waals surface area contributed by atoms with Gasteiger partial charge in [-0.1, -0.05) is 18.2 Å². The number of nitrogens with zero attached hydrogens (tertiary/aromatic N) is 1. The number of nitro groups is 1. The van der Waals surface area contributed by atoms with Crippen LogP contribution in [-0.2, 0) is 0 Å². The number of carbonyl (C=O) groups is 1. The van der Waals surface area contributed by atoms with Crippen molar-refractivity contribution < 1.29 is 19.6 Å². The number of hydrogen-bond acceptors (Lipinski definition) is 4. The Hall–Kier alpha value is -2.08. The second-order valence-corrected chi connectivity index (χ2v) is 3.58. The minimum atomic E-state index is -1.40. The maximum absolute atomic E-state index is 10.8. The second-order valence-electron chi connectivity index (χ2n) is 3.05. The Bertz CT molecular complexity index is 486. The molecule has 0 aliphatic heterocycles. The van der Waals surface area contributed by atoms with Crippen LogP contribution >= 0.6 is 11.6 Å². The molecular weight excluding hydrogens is 250 g/mol. The Morgan fingerprint density at radius 1 is 1.59 bits per heavy atom. The third-order valence-corrected chi connectivity index (χ3v) is 1.90. The van der Waals surface area contributed by atoms with Gasteiger partial charge in [-0.2, -0.15) is 0 Å². The molecule has 1 aromatic rings. The summed E-state index contributed by atoms with van der Waals surface area (Å²) in [6, 6.07) is 3.43. The maximum atomic E-state index is 10.8. The average molecular weight is 258 g/mol. The Morgan fingerprint density at radius 2 is 2.24 bits per heavy atom. The molecule has 17 heavy (non-hydrogen) atoms.